The Bertz CT molecular complexity index is 1430. The molecule has 1 aliphatic rings. The van der Waals surface area contributed by atoms with Crippen LogP contribution in [0.5, 0.6) is 0 Å². The molecule has 1 atom stereocenters. The van der Waals surface area contributed by atoms with Gasteiger partial charge < -0.3 is 9.80 Å². The topological polar surface area (TPSA) is 66.7 Å². The van der Waals surface area contributed by atoms with E-state index >= 15 is 0 Å². The Morgan fingerprint density at radius 2 is 1.36 bits per heavy atom. The van der Waals surface area contributed by atoms with E-state index in [1.54, 1.807) is 23.1 Å². The van der Waals surface area contributed by atoms with Crippen LogP contribution in [-0.2, 0) is 13.1 Å². The van der Waals surface area contributed by atoms with Crippen molar-refractivity contribution in [2.24, 2.45) is 0 Å². The second-order valence-corrected chi connectivity index (χ2v) is 9.35. The second kappa shape index (κ2) is 10.0. The quantitative estimate of drug-likeness (QED) is 0.199. The van der Waals surface area contributed by atoms with Gasteiger partial charge in [-0.2, -0.15) is 0 Å². The van der Waals surface area contributed by atoms with Crippen LogP contribution in [0.2, 0.25) is 10.0 Å². The third-order valence-corrected chi connectivity index (χ3v) is 6.95. The van der Waals surface area contributed by atoms with Crippen molar-refractivity contribution in [2.45, 2.75) is 19.3 Å². The summed E-state index contributed by atoms with van der Waals surface area (Å²) in [6.07, 6.45) is -0.526. The SMILES string of the molecule is O=C1c2cc([N+](=O)[O-])ccc2N(Cc2ccccc2)[C@@H](c2ccc(Cl)c(Cl)c2)N1Cc1ccccc1. The van der Waals surface area contributed by atoms with E-state index in [2.05, 4.69) is 4.90 Å². The number of anilines is 1. The fourth-order valence-corrected chi connectivity index (χ4v) is 4.85. The van der Waals surface area contributed by atoms with Crippen molar-refractivity contribution in [3.63, 3.8) is 0 Å². The largest absolute Gasteiger partial charge is 0.342 e. The predicted molar refractivity (Wildman–Crippen MR) is 141 cm³/mol. The Labute approximate surface area is 218 Å². The fraction of sp³-hybridized carbons (Fsp3) is 0.107. The zero-order chi connectivity index (χ0) is 25.2. The van der Waals surface area contributed by atoms with Crippen molar-refractivity contribution in [3.8, 4) is 0 Å². The third kappa shape index (κ3) is 4.65. The van der Waals surface area contributed by atoms with E-state index in [1.807, 2.05) is 66.7 Å². The molecule has 0 aliphatic carbocycles. The zero-order valence-electron chi connectivity index (χ0n) is 19.1. The highest BCUT2D eigenvalue weighted by atomic mass is 35.5. The lowest BCUT2D eigenvalue weighted by Crippen LogP contribution is -2.48. The molecule has 0 N–H and O–H groups in total. The van der Waals surface area contributed by atoms with Gasteiger partial charge in [-0.15, -0.1) is 0 Å². The van der Waals surface area contributed by atoms with Crippen LogP contribution in [0, 0.1) is 10.1 Å². The number of carbonyl (C=O) groups is 1. The standard InChI is InChI=1S/C28H21Cl2N3O3/c29-24-13-11-21(15-25(24)30)27-31(17-19-7-3-1-4-8-19)26-14-12-22(33(35)36)16-23(26)28(34)32(27)18-20-9-5-2-6-10-20/h1-16,27H,17-18H2/t27-/m1/s1. The van der Waals surface area contributed by atoms with E-state index in [9.17, 15) is 14.9 Å². The number of nitro benzene ring substituents is 1. The Morgan fingerprint density at radius 1 is 0.750 bits per heavy atom. The summed E-state index contributed by atoms with van der Waals surface area (Å²) in [5, 5.41) is 12.3. The molecule has 180 valence electrons. The van der Waals surface area contributed by atoms with E-state index < -0.39 is 11.1 Å². The molecule has 4 aromatic carbocycles. The molecule has 4 aromatic rings. The van der Waals surface area contributed by atoms with Gasteiger partial charge in [-0.05, 0) is 34.9 Å². The predicted octanol–water partition coefficient (Wildman–Crippen LogP) is 7.26. The Hall–Kier alpha value is -3.87. The Morgan fingerprint density at radius 3 is 1.94 bits per heavy atom. The second-order valence-electron chi connectivity index (χ2n) is 8.54. The molecule has 0 saturated heterocycles. The van der Waals surface area contributed by atoms with Gasteiger partial charge in [0, 0.05) is 25.2 Å². The highest BCUT2D eigenvalue weighted by molar-refractivity contribution is 6.42. The van der Waals surface area contributed by atoms with E-state index in [1.165, 1.54) is 12.1 Å². The molecule has 0 spiro atoms. The lowest BCUT2D eigenvalue weighted by atomic mass is 9.98. The van der Waals surface area contributed by atoms with Crippen LogP contribution in [0.3, 0.4) is 0 Å². The molecule has 0 fully saturated rings. The number of amides is 1. The molecule has 0 unspecified atom stereocenters. The summed E-state index contributed by atoms with van der Waals surface area (Å²) < 4.78 is 0. The van der Waals surface area contributed by atoms with E-state index in [0.717, 1.165) is 16.7 Å². The fourth-order valence-electron chi connectivity index (χ4n) is 4.55. The minimum atomic E-state index is -0.526. The van der Waals surface area contributed by atoms with Gasteiger partial charge in [-0.25, -0.2) is 0 Å². The van der Waals surface area contributed by atoms with Gasteiger partial charge in [0.05, 0.1) is 26.2 Å². The lowest BCUT2D eigenvalue weighted by molar-refractivity contribution is -0.384. The number of rotatable bonds is 6. The Kier molecular flexibility index (Phi) is 6.63. The monoisotopic (exact) mass is 517 g/mol. The molecule has 0 saturated carbocycles. The average Bonchev–Trinajstić information content (AvgIpc) is 2.89. The number of nitrogens with zero attached hydrogens (tertiary/aromatic N) is 3. The van der Waals surface area contributed by atoms with Crippen LogP contribution in [0.25, 0.3) is 0 Å². The minimum Gasteiger partial charge on any atom is -0.342 e. The molecule has 1 aliphatic heterocycles. The normalized spacial score (nSPS) is 15.1. The smallest absolute Gasteiger partial charge is 0.270 e. The molecule has 6 nitrogen and oxygen atoms in total. The maximum absolute atomic E-state index is 13.9. The minimum absolute atomic E-state index is 0.130. The number of hydrogen-bond donors (Lipinski definition) is 0. The van der Waals surface area contributed by atoms with Crippen LogP contribution in [0.4, 0.5) is 11.4 Å². The van der Waals surface area contributed by atoms with Crippen LogP contribution in [0.1, 0.15) is 33.2 Å². The van der Waals surface area contributed by atoms with Gasteiger partial charge in [-0.1, -0.05) is 89.9 Å². The van der Waals surface area contributed by atoms with Crippen molar-refractivity contribution in [3.05, 3.63) is 139 Å². The van der Waals surface area contributed by atoms with Gasteiger partial charge in [0.15, 0.2) is 0 Å². The maximum Gasteiger partial charge on any atom is 0.270 e. The van der Waals surface area contributed by atoms with Crippen LogP contribution in [-0.4, -0.2) is 15.7 Å². The highest BCUT2D eigenvalue weighted by Crippen LogP contribution is 2.43. The van der Waals surface area contributed by atoms with Gasteiger partial charge >= 0.3 is 0 Å². The number of carbonyl (C=O) groups excluding carboxylic acids is 1. The van der Waals surface area contributed by atoms with Crippen molar-refractivity contribution >= 4 is 40.5 Å². The van der Waals surface area contributed by atoms with Crippen molar-refractivity contribution in [1.82, 2.24) is 4.90 Å². The van der Waals surface area contributed by atoms with Gasteiger partial charge in [-0.3, -0.25) is 14.9 Å². The Balaban J connectivity index is 1.71. The first kappa shape index (κ1) is 23.9. The van der Waals surface area contributed by atoms with E-state index in [4.69, 9.17) is 23.2 Å². The molecular weight excluding hydrogens is 497 g/mol. The van der Waals surface area contributed by atoms with Crippen molar-refractivity contribution in [2.75, 3.05) is 4.90 Å². The number of fused-ring (bicyclic) bond motifs is 1. The first-order valence-electron chi connectivity index (χ1n) is 11.3. The third-order valence-electron chi connectivity index (χ3n) is 6.22. The number of halogens is 2. The maximum atomic E-state index is 13.9. The summed E-state index contributed by atoms with van der Waals surface area (Å²) in [5.74, 6) is -0.294. The summed E-state index contributed by atoms with van der Waals surface area (Å²) in [7, 11) is 0. The molecule has 0 bridgehead atoms. The molecule has 5 rings (SSSR count). The van der Waals surface area contributed by atoms with E-state index in [0.29, 0.717) is 28.8 Å². The summed E-state index contributed by atoms with van der Waals surface area (Å²) >= 11 is 12.6. The molecule has 0 aromatic heterocycles. The summed E-state index contributed by atoms with van der Waals surface area (Å²) in [6, 6.07) is 29.3. The number of non-ortho nitro benzene ring substituents is 1. The van der Waals surface area contributed by atoms with E-state index in [-0.39, 0.29) is 17.2 Å². The zero-order valence-corrected chi connectivity index (χ0v) is 20.6. The molecule has 8 heteroatoms. The molecule has 1 heterocycles. The highest BCUT2D eigenvalue weighted by Gasteiger charge is 2.39. The van der Waals surface area contributed by atoms with Gasteiger partial charge in [0.2, 0.25) is 0 Å². The molecular formula is C28H21Cl2N3O3. The van der Waals surface area contributed by atoms with Crippen molar-refractivity contribution < 1.29 is 9.72 Å². The summed E-state index contributed by atoms with van der Waals surface area (Å²) in [6.45, 7) is 0.771. The van der Waals surface area contributed by atoms with Crippen LogP contribution < -0.4 is 4.90 Å². The first-order valence-corrected chi connectivity index (χ1v) is 12.1. The van der Waals surface area contributed by atoms with Gasteiger partial charge in [0.25, 0.3) is 11.6 Å². The van der Waals surface area contributed by atoms with Crippen molar-refractivity contribution in [1.29, 1.82) is 0 Å². The number of hydrogen-bond acceptors (Lipinski definition) is 4. The number of nitro groups is 1. The van der Waals surface area contributed by atoms with Gasteiger partial charge in [0.1, 0.15) is 6.17 Å². The summed E-state index contributed by atoms with van der Waals surface area (Å²) in [5.41, 5.74) is 3.52. The lowest BCUT2D eigenvalue weighted by Gasteiger charge is -2.46. The molecule has 1 amide bonds. The average molecular weight is 518 g/mol. The number of benzene rings is 4. The van der Waals surface area contributed by atoms with Crippen LogP contribution in [0.15, 0.2) is 97.1 Å². The first-order chi connectivity index (χ1) is 17.4. The molecule has 0 radical (unpaired) electrons. The summed E-state index contributed by atoms with van der Waals surface area (Å²) in [4.78, 5) is 28.8. The van der Waals surface area contributed by atoms with Crippen LogP contribution >= 0.6 is 23.2 Å². The molecule has 36 heavy (non-hydrogen) atoms.